The van der Waals surface area contributed by atoms with E-state index in [1.54, 1.807) is 11.1 Å². The number of nitrogens with one attached hydrogen (secondary N) is 1. The van der Waals surface area contributed by atoms with Gasteiger partial charge in [0.2, 0.25) is 6.41 Å². The van der Waals surface area contributed by atoms with Crippen molar-refractivity contribution >= 4 is 6.41 Å². The van der Waals surface area contributed by atoms with Crippen LogP contribution in [-0.4, -0.2) is 23.3 Å². The van der Waals surface area contributed by atoms with Gasteiger partial charge in [-0.2, -0.15) is 0 Å². The van der Waals surface area contributed by atoms with Crippen LogP contribution in [-0.2, 0) is 17.9 Å². The fourth-order valence-electron chi connectivity index (χ4n) is 2.47. The summed E-state index contributed by atoms with van der Waals surface area (Å²) in [5, 5.41) is 2.98. The first-order valence-corrected chi connectivity index (χ1v) is 9.86. The molecule has 0 aliphatic carbocycles. The van der Waals surface area contributed by atoms with Crippen LogP contribution in [0.1, 0.15) is 58.1 Å². The second kappa shape index (κ2) is 14.8. The topological polar surface area (TPSA) is 45.2 Å². The number of fused-ring (bicyclic) bond motifs is 1. The number of pyridine rings is 1. The molecule has 150 valence electrons. The molecule has 4 nitrogen and oxygen atoms in total. The van der Waals surface area contributed by atoms with E-state index in [1.165, 1.54) is 36.0 Å². The van der Waals surface area contributed by atoms with Crippen molar-refractivity contribution in [1.82, 2.24) is 15.2 Å². The van der Waals surface area contributed by atoms with Crippen LogP contribution in [0.4, 0.5) is 0 Å². The Morgan fingerprint density at radius 3 is 2.52 bits per heavy atom. The predicted octanol–water partition coefficient (Wildman–Crippen LogP) is 5.24. The second-order valence-corrected chi connectivity index (χ2v) is 6.38. The number of unbranched alkanes of at least 4 members (excludes halogenated alkanes) is 1. The standard InChI is InChI=1S/C13H23N.C8H8N2O.C2H6/c1-6-7-8-11(2)12(3)9-10-13(4)14-5;11-6-10-4-7-1-2-9-3-8(7)5-10;1-2/h9-11,14H,3-4,6-8H2,1-2,5H3;1-3,6H,4-5H2;1-2H3/b10-9-;;. The van der Waals surface area contributed by atoms with E-state index in [1.807, 2.05) is 39.2 Å². The van der Waals surface area contributed by atoms with E-state index in [2.05, 4.69) is 43.4 Å². The Bertz CT molecular complexity index is 582. The minimum atomic E-state index is 0.579. The summed E-state index contributed by atoms with van der Waals surface area (Å²) in [6.45, 7) is 17.8. The highest BCUT2D eigenvalue weighted by molar-refractivity contribution is 5.50. The second-order valence-electron chi connectivity index (χ2n) is 6.38. The average Bonchev–Trinajstić information content (AvgIpc) is 3.15. The molecule has 0 saturated heterocycles. The third kappa shape index (κ3) is 9.78. The number of carbonyl (C=O) groups is 1. The van der Waals surface area contributed by atoms with Crippen LogP contribution in [0.15, 0.2) is 55.0 Å². The number of rotatable bonds is 8. The van der Waals surface area contributed by atoms with Gasteiger partial charge in [0.1, 0.15) is 0 Å². The van der Waals surface area contributed by atoms with Gasteiger partial charge in [-0.3, -0.25) is 9.78 Å². The summed E-state index contributed by atoms with van der Waals surface area (Å²) in [7, 11) is 1.87. The summed E-state index contributed by atoms with van der Waals surface area (Å²) in [6, 6.07) is 1.96. The number of carbonyl (C=O) groups excluding carboxylic acids is 1. The summed E-state index contributed by atoms with van der Waals surface area (Å²) in [5.41, 5.74) is 4.50. The van der Waals surface area contributed by atoms with Crippen LogP contribution >= 0.6 is 0 Å². The molecule has 1 aliphatic heterocycles. The van der Waals surface area contributed by atoms with Crippen molar-refractivity contribution in [3.8, 4) is 0 Å². The van der Waals surface area contributed by atoms with Crippen molar-refractivity contribution in [3.05, 3.63) is 66.2 Å². The number of aromatic nitrogens is 1. The molecule has 1 atom stereocenters. The molecule has 0 bridgehead atoms. The zero-order chi connectivity index (χ0) is 20.7. The fraction of sp³-hybridized carbons (Fsp3) is 0.478. The van der Waals surface area contributed by atoms with Gasteiger partial charge < -0.3 is 10.2 Å². The van der Waals surface area contributed by atoms with E-state index >= 15 is 0 Å². The molecule has 1 aromatic rings. The number of nitrogens with zero attached hydrogens (tertiary/aromatic N) is 2. The summed E-state index contributed by atoms with van der Waals surface area (Å²) >= 11 is 0. The molecule has 1 aromatic heterocycles. The van der Waals surface area contributed by atoms with Gasteiger partial charge >= 0.3 is 0 Å². The van der Waals surface area contributed by atoms with Crippen molar-refractivity contribution in [2.24, 2.45) is 5.92 Å². The van der Waals surface area contributed by atoms with E-state index in [0.29, 0.717) is 12.5 Å². The van der Waals surface area contributed by atoms with Crippen molar-refractivity contribution in [3.63, 3.8) is 0 Å². The van der Waals surface area contributed by atoms with Crippen LogP contribution in [0, 0.1) is 5.92 Å². The molecule has 0 spiro atoms. The number of allylic oxidation sites excluding steroid dienone is 3. The van der Waals surface area contributed by atoms with E-state index in [0.717, 1.165) is 18.7 Å². The lowest BCUT2D eigenvalue weighted by Gasteiger charge is -2.10. The lowest BCUT2D eigenvalue weighted by Crippen LogP contribution is -2.12. The molecule has 0 saturated carbocycles. The lowest BCUT2D eigenvalue weighted by molar-refractivity contribution is -0.118. The van der Waals surface area contributed by atoms with Crippen LogP contribution in [0.2, 0.25) is 0 Å². The molecule has 2 rings (SSSR count). The smallest absolute Gasteiger partial charge is 0.210 e. The number of amides is 1. The molecule has 4 heteroatoms. The third-order valence-electron chi connectivity index (χ3n) is 4.34. The van der Waals surface area contributed by atoms with Gasteiger partial charge in [0.15, 0.2) is 0 Å². The fourth-order valence-corrected chi connectivity index (χ4v) is 2.47. The largest absolute Gasteiger partial charge is 0.389 e. The normalized spacial score (nSPS) is 12.9. The molecular weight excluding hydrogens is 334 g/mol. The highest BCUT2D eigenvalue weighted by Gasteiger charge is 2.15. The maximum Gasteiger partial charge on any atom is 0.210 e. The summed E-state index contributed by atoms with van der Waals surface area (Å²) in [5.74, 6) is 0.579. The van der Waals surface area contributed by atoms with Gasteiger partial charge in [-0.25, -0.2) is 0 Å². The van der Waals surface area contributed by atoms with E-state index < -0.39 is 0 Å². The molecule has 0 aromatic carbocycles. The molecular formula is C23H37N3O. The Hall–Kier alpha value is -2.36. The minimum Gasteiger partial charge on any atom is -0.389 e. The molecule has 1 amide bonds. The molecule has 2 heterocycles. The minimum absolute atomic E-state index is 0.579. The third-order valence-corrected chi connectivity index (χ3v) is 4.34. The van der Waals surface area contributed by atoms with E-state index in [9.17, 15) is 4.79 Å². The van der Waals surface area contributed by atoms with Gasteiger partial charge in [-0.15, -0.1) is 0 Å². The summed E-state index contributed by atoms with van der Waals surface area (Å²) in [4.78, 5) is 16.1. The van der Waals surface area contributed by atoms with Gasteiger partial charge in [0.05, 0.1) is 0 Å². The Labute approximate surface area is 166 Å². The number of likely N-dealkylation sites (N-methyl/N-ethyl adjacent to an activating group) is 1. The molecule has 1 aliphatic rings. The maximum atomic E-state index is 10.4. The molecule has 1 N–H and O–H groups in total. The summed E-state index contributed by atoms with van der Waals surface area (Å²) < 4.78 is 0. The SMILES string of the molecule is C=C(/C=C\C(=C)C(C)CCCC)NC.CC.O=CN1Cc2ccncc2C1. The van der Waals surface area contributed by atoms with Gasteiger partial charge in [-0.05, 0) is 35.6 Å². The van der Waals surface area contributed by atoms with Crippen molar-refractivity contribution in [1.29, 1.82) is 0 Å². The number of hydrogen-bond donors (Lipinski definition) is 1. The molecule has 0 radical (unpaired) electrons. The first kappa shape index (κ1) is 24.6. The summed E-state index contributed by atoms with van der Waals surface area (Å²) in [6.07, 6.45) is 12.2. The molecule has 1 unspecified atom stereocenters. The zero-order valence-corrected chi connectivity index (χ0v) is 17.8. The predicted molar refractivity (Wildman–Crippen MR) is 116 cm³/mol. The Kier molecular flexibility index (Phi) is 13.5. The van der Waals surface area contributed by atoms with Gasteiger partial charge in [-0.1, -0.05) is 65.3 Å². The van der Waals surface area contributed by atoms with Crippen LogP contribution in [0.25, 0.3) is 0 Å². The maximum absolute atomic E-state index is 10.4. The molecule has 0 fully saturated rings. The van der Waals surface area contributed by atoms with Crippen molar-refractivity contribution < 1.29 is 4.79 Å². The molecule has 27 heavy (non-hydrogen) atoms. The highest BCUT2D eigenvalue weighted by Crippen LogP contribution is 2.19. The number of hydrogen-bond acceptors (Lipinski definition) is 3. The average molecular weight is 372 g/mol. The first-order valence-electron chi connectivity index (χ1n) is 9.86. The monoisotopic (exact) mass is 371 g/mol. The Morgan fingerprint density at radius 1 is 1.30 bits per heavy atom. The van der Waals surface area contributed by atoms with Crippen LogP contribution < -0.4 is 5.32 Å². The van der Waals surface area contributed by atoms with E-state index in [4.69, 9.17) is 0 Å². The van der Waals surface area contributed by atoms with Gasteiger partial charge in [0.25, 0.3) is 0 Å². The van der Waals surface area contributed by atoms with Gasteiger partial charge in [0, 0.05) is 38.2 Å². The Morgan fingerprint density at radius 2 is 1.96 bits per heavy atom. The van der Waals surface area contributed by atoms with E-state index in [-0.39, 0.29) is 0 Å². The van der Waals surface area contributed by atoms with Crippen molar-refractivity contribution in [2.75, 3.05) is 7.05 Å². The van der Waals surface area contributed by atoms with Crippen LogP contribution in [0.5, 0.6) is 0 Å². The van der Waals surface area contributed by atoms with Crippen molar-refractivity contribution in [2.45, 2.75) is 60.0 Å². The highest BCUT2D eigenvalue weighted by atomic mass is 16.1. The lowest BCUT2D eigenvalue weighted by atomic mass is 9.96. The zero-order valence-electron chi connectivity index (χ0n) is 17.8. The Balaban J connectivity index is 0.000000465. The van der Waals surface area contributed by atoms with Crippen LogP contribution in [0.3, 0.4) is 0 Å². The quantitative estimate of drug-likeness (QED) is 0.502. The first-order chi connectivity index (χ1) is 13.0.